The van der Waals surface area contributed by atoms with Crippen LogP contribution in [0.3, 0.4) is 0 Å². The molecule has 1 saturated carbocycles. The smallest absolute Gasteiger partial charge is 0.390 e. The lowest BCUT2D eigenvalue weighted by molar-refractivity contribution is -0.144. The molecule has 1 aliphatic rings. The highest BCUT2D eigenvalue weighted by Gasteiger charge is 2.36. The van der Waals surface area contributed by atoms with Crippen LogP contribution < -0.4 is 10.5 Å². The molecule has 2 heterocycles. The summed E-state index contributed by atoms with van der Waals surface area (Å²) >= 11 is 0. The van der Waals surface area contributed by atoms with Crippen molar-refractivity contribution < 1.29 is 26.7 Å². The number of hydrogen-bond donors (Lipinski definition) is 3. The quantitative estimate of drug-likeness (QED) is 0.503. The number of alkyl halides is 3. The minimum atomic E-state index is -4.79. The topological polar surface area (TPSA) is 136 Å². The summed E-state index contributed by atoms with van der Waals surface area (Å²) in [5.74, 6) is -2.15. The minimum absolute atomic E-state index is 0.0394. The number of aromatic nitrogens is 4. The van der Waals surface area contributed by atoms with Gasteiger partial charge in [-0.05, 0) is 63.6 Å². The molecule has 1 aliphatic carbocycles. The number of nitrogens with zero attached hydrogens (tertiary/aromatic N) is 4. The molecule has 0 spiro atoms. The number of rotatable bonds is 4. The molecule has 4 N–H and O–H groups in total. The van der Waals surface area contributed by atoms with Crippen LogP contribution in [0.1, 0.15) is 49.6 Å². The van der Waals surface area contributed by atoms with Crippen LogP contribution in [0, 0.1) is 13.8 Å². The molecule has 0 radical (unpaired) electrons. The maximum atomic E-state index is 13.2. The number of nitrogens with one attached hydrogen (secondary N) is 1. The lowest BCUT2D eigenvalue weighted by Crippen LogP contribution is -2.42. The van der Waals surface area contributed by atoms with Gasteiger partial charge in [-0.25, -0.2) is 18.1 Å². The molecule has 1 fully saturated rings. The molecular formula is C21H25F3N6O3S. The second-order valence-corrected chi connectivity index (χ2v) is 10.7. The van der Waals surface area contributed by atoms with E-state index in [1.165, 1.54) is 12.3 Å². The van der Waals surface area contributed by atoms with E-state index in [1.54, 1.807) is 26.8 Å². The fourth-order valence-electron chi connectivity index (χ4n) is 4.19. The van der Waals surface area contributed by atoms with Crippen LogP contribution in [-0.2, 0) is 16.2 Å². The van der Waals surface area contributed by atoms with E-state index in [1.807, 2.05) is 0 Å². The fourth-order valence-corrected chi connectivity index (χ4v) is 5.75. The van der Waals surface area contributed by atoms with Crippen LogP contribution in [0.5, 0.6) is 0 Å². The molecule has 0 amide bonds. The summed E-state index contributed by atoms with van der Waals surface area (Å²) in [5, 5.41) is 10.1. The Morgan fingerprint density at radius 1 is 1.15 bits per heavy atom. The number of imidazole rings is 1. The summed E-state index contributed by atoms with van der Waals surface area (Å²) in [5.41, 5.74) is 6.69. The van der Waals surface area contributed by atoms with E-state index in [2.05, 4.69) is 19.7 Å². The van der Waals surface area contributed by atoms with Gasteiger partial charge in [0.25, 0.3) is 0 Å². The van der Waals surface area contributed by atoms with Gasteiger partial charge in [0.1, 0.15) is 0 Å². The SMILES string of the molecule is Cc1cc(C)c(S(=O)(=O)NC2CCC(C)(O)CC2)cc1-c1cn2c(N)nc(C(F)(F)F)nc2n1. The predicted molar refractivity (Wildman–Crippen MR) is 118 cm³/mol. The van der Waals surface area contributed by atoms with Crippen LogP contribution in [0.15, 0.2) is 23.2 Å². The molecule has 0 bridgehead atoms. The van der Waals surface area contributed by atoms with Crippen LogP contribution >= 0.6 is 0 Å². The Morgan fingerprint density at radius 2 is 1.79 bits per heavy atom. The molecule has 2 aromatic heterocycles. The molecule has 4 rings (SSSR count). The van der Waals surface area contributed by atoms with Crippen molar-refractivity contribution in [3.63, 3.8) is 0 Å². The molecular weight excluding hydrogens is 473 g/mol. The first-order valence-corrected chi connectivity index (χ1v) is 12.1. The number of halogens is 3. The number of hydrogen-bond acceptors (Lipinski definition) is 7. The lowest BCUT2D eigenvalue weighted by atomic mass is 9.84. The lowest BCUT2D eigenvalue weighted by Gasteiger charge is -2.33. The molecule has 0 atom stereocenters. The van der Waals surface area contributed by atoms with Crippen LogP contribution in [-0.4, -0.2) is 44.5 Å². The van der Waals surface area contributed by atoms with Gasteiger partial charge in [-0.1, -0.05) is 6.07 Å². The zero-order chi connectivity index (χ0) is 25.1. The Hall–Kier alpha value is -2.77. The molecule has 0 aliphatic heterocycles. The van der Waals surface area contributed by atoms with Crippen molar-refractivity contribution in [3.8, 4) is 11.3 Å². The van der Waals surface area contributed by atoms with E-state index in [4.69, 9.17) is 5.73 Å². The average Bonchev–Trinajstić information content (AvgIpc) is 3.13. The number of aryl methyl sites for hydroxylation is 2. The zero-order valence-electron chi connectivity index (χ0n) is 18.8. The summed E-state index contributed by atoms with van der Waals surface area (Å²) in [6.07, 6.45) is -1.42. The van der Waals surface area contributed by atoms with Gasteiger partial charge in [0.15, 0.2) is 0 Å². The summed E-state index contributed by atoms with van der Waals surface area (Å²) in [6.45, 7) is 5.15. The number of sulfonamides is 1. The van der Waals surface area contributed by atoms with Gasteiger partial charge in [-0.2, -0.15) is 23.1 Å². The van der Waals surface area contributed by atoms with E-state index in [-0.39, 0.29) is 22.4 Å². The maximum Gasteiger partial charge on any atom is 0.451 e. The van der Waals surface area contributed by atoms with Crippen molar-refractivity contribution >= 4 is 21.7 Å². The van der Waals surface area contributed by atoms with E-state index in [0.717, 1.165) is 4.40 Å². The Morgan fingerprint density at radius 3 is 2.41 bits per heavy atom. The normalized spacial score (nSPS) is 21.8. The van der Waals surface area contributed by atoms with Gasteiger partial charge >= 0.3 is 6.18 Å². The average molecular weight is 499 g/mol. The van der Waals surface area contributed by atoms with Crippen LogP contribution in [0.4, 0.5) is 19.1 Å². The van der Waals surface area contributed by atoms with Gasteiger partial charge in [-0.3, -0.25) is 4.40 Å². The standard InChI is InChI=1S/C21H25F3N6O3S/c1-11-8-12(2)16(34(32,33)29-13-4-6-20(3,31)7-5-13)9-14(11)15-10-30-18(25)27-17(21(22,23)24)28-19(30)26-15/h8-10,13,29,31H,4-7H2,1-3H3,(H2,25,26,27,28). The molecule has 184 valence electrons. The summed E-state index contributed by atoms with van der Waals surface area (Å²) in [4.78, 5) is 10.9. The first-order chi connectivity index (χ1) is 15.7. The first-order valence-electron chi connectivity index (χ1n) is 10.6. The van der Waals surface area contributed by atoms with Crippen molar-refractivity contribution in [3.05, 3.63) is 35.3 Å². The number of benzene rings is 1. The zero-order valence-corrected chi connectivity index (χ0v) is 19.6. The number of anilines is 1. The Labute approximate surface area is 194 Å². The Balaban J connectivity index is 1.72. The molecule has 9 nitrogen and oxygen atoms in total. The molecule has 0 saturated heterocycles. The number of aliphatic hydroxyl groups is 1. The van der Waals surface area contributed by atoms with Gasteiger partial charge in [0.05, 0.1) is 16.2 Å². The minimum Gasteiger partial charge on any atom is -0.390 e. The Bertz CT molecular complexity index is 1360. The number of nitrogens with two attached hydrogens (primary N) is 1. The van der Waals surface area contributed by atoms with Gasteiger partial charge in [0.2, 0.25) is 27.6 Å². The summed E-state index contributed by atoms with van der Waals surface area (Å²) < 4.78 is 69.4. The van der Waals surface area contributed by atoms with E-state index in [0.29, 0.717) is 42.4 Å². The Kier molecular flexibility index (Phi) is 5.85. The van der Waals surface area contributed by atoms with E-state index in [9.17, 15) is 26.7 Å². The third-order valence-corrected chi connectivity index (χ3v) is 7.75. The highest BCUT2D eigenvalue weighted by molar-refractivity contribution is 7.89. The predicted octanol–water partition coefficient (Wildman–Crippen LogP) is 2.98. The fraction of sp³-hybridized carbons (Fsp3) is 0.476. The van der Waals surface area contributed by atoms with E-state index >= 15 is 0 Å². The first kappa shape index (κ1) is 24.4. The third kappa shape index (κ3) is 4.72. The second-order valence-electron chi connectivity index (χ2n) is 9.02. The second kappa shape index (κ2) is 8.17. The molecule has 13 heteroatoms. The van der Waals surface area contributed by atoms with Crippen molar-refractivity contribution in [2.24, 2.45) is 0 Å². The van der Waals surface area contributed by atoms with E-state index < -0.39 is 33.6 Å². The van der Waals surface area contributed by atoms with Gasteiger partial charge in [0, 0.05) is 17.8 Å². The largest absolute Gasteiger partial charge is 0.451 e. The highest BCUT2D eigenvalue weighted by Crippen LogP contribution is 2.32. The van der Waals surface area contributed by atoms with Crippen molar-refractivity contribution in [2.75, 3.05) is 5.73 Å². The summed E-state index contributed by atoms with van der Waals surface area (Å²) in [6, 6.07) is 2.82. The van der Waals surface area contributed by atoms with Gasteiger partial charge in [-0.15, -0.1) is 0 Å². The molecule has 3 aromatic rings. The van der Waals surface area contributed by atoms with Crippen molar-refractivity contribution in [1.82, 2.24) is 24.1 Å². The summed E-state index contributed by atoms with van der Waals surface area (Å²) in [7, 11) is -3.91. The van der Waals surface area contributed by atoms with Crippen LogP contribution in [0.2, 0.25) is 0 Å². The third-order valence-electron chi connectivity index (χ3n) is 6.09. The van der Waals surface area contributed by atoms with Gasteiger partial charge < -0.3 is 10.8 Å². The molecule has 0 unspecified atom stereocenters. The maximum absolute atomic E-state index is 13.2. The van der Waals surface area contributed by atoms with Crippen LogP contribution in [0.25, 0.3) is 17.0 Å². The van der Waals surface area contributed by atoms with Crippen molar-refractivity contribution in [1.29, 1.82) is 0 Å². The molecule has 1 aromatic carbocycles. The highest BCUT2D eigenvalue weighted by atomic mass is 32.2. The number of nitrogen functional groups attached to an aromatic ring is 1. The van der Waals surface area contributed by atoms with Crippen molar-refractivity contribution in [2.45, 2.75) is 69.2 Å². The molecule has 34 heavy (non-hydrogen) atoms. The monoisotopic (exact) mass is 498 g/mol. The number of fused-ring (bicyclic) bond motifs is 1.